The summed E-state index contributed by atoms with van der Waals surface area (Å²) in [6, 6.07) is 5.93. The molecule has 2 aromatic heterocycles. The molecule has 0 bridgehead atoms. The van der Waals surface area contributed by atoms with Gasteiger partial charge < -0.3 is 9.80 Å². The number of carbonyl (C=O) groups excluding carboxylic acids is 1. The largest absolute Gasteiger partial charge is 0.348 e. The number of fused-ring (bicyclic) bond motifs is 1. The summed E-state index contributed by atoms with van der Waals surface area (Å²) >= 11 is 7.86. The predicted octanol–water partition coefficient (Wildman–Crippen LogP) is 3.73. The van der Waals surface area contributed by atoms with Crippen molar-refractivity contribution in [2.24, 2.45) is 7.05 Å². The molecule has 0 saturated carbocycles. The van der Waals surface area contributed by atoms with Crippen LogP contribution in [0.15, 0.2) is 24.4 Å². The van der Waals surface area contributed by atoms with E-state index in [1.807, 2.05) is 38.1 Å². The number of hydrogen-bond donors (Lipinski definition) is 0. The third kappa shape index (κ3) is 3.53. The van der Waals surface area contributed by atoms with Gasteiger partial charge in [0.2, 0.25) is 0 Å². The standard InChI is InChI=1S/C19H22ClN5OS/c1-12-10-13(20)11-16-17(12)21-19(27-16)25-8-4-14(5-9-25)24(3)18(26)15-6-7-23(2)22-15/h6-7,10-11,14H,4-5,8-9H2,1-3H3. The van der Waals surface area contributed by atoms with Gasteiger partial charge in [-0.25, -0.2) is 4.98 Å². The SMILES string of the molecule is Cc1cc(Cl)cc2sc(N3CCC(N(C)C(=O)c4ccn(C)n4)CC3)nc12. The van der Waals surface area contributed by atoms with E-state index in [2.05, 4.69) is 10.00 Å². The van der Waals surface area contributed by atoms with E-state index in [1.165, 1.54) is 0 Å². The van der Waals surface area contributed by atoms with Gasteiger partial charge in [-0.3, -0.25) is 9.48 Å². The lowest BCUT2D eigenvalue weighted by Crippen LogP contribution is -2.45. The molecule has 0 aliphatic carbocycles. The minimum absolute atomic E-state index is 0.0145. The van der Waals surface area contributed by atoms with Crippen LogP contribution in [0.3, 0.4) is 0 Å². The van der Waals surface area contributed by atoms with E-state index in [9.17, 15) is 4.79 Å². The maximum atomic E-state index is 12.6. The molecule has 1 saturated heterocycles. The van der Waals surface area contributed by atoms with Crippen LogP contribution in [-0.4, -0.2) is 51.8 Å². The molecule has 4 rings (SSSR count). The lowest BCUT2D eigenvalue weighted by atomic mass is 10.0. The first-order valence-electron chi connectivity index (χ1n) is 9.01. The second kappa shape index (κ2) is 7.13. The van der Waals surface area contributed by atoms with E-state index in [-0.39, 0.29) is 11.9 Å². The fourth-order valence-electron chi connectivity index (χ4n) is 3.60. The number of piperidine rings is 1. The fraction of sp³-hybridized carbons (Fsp3) is 0.421. The van der Waals surface area contributed by atoms with Crippen molar-refractivity contribution in [2.45, 2.75) is 25.8 Å². The summed E-state index contributed by atoms with van der Waals surface area (Å²) in [6.07, 6.45) is 3.64. The van der Waals surface area contributed by atoms with E-state index < -0.39 is 0 Å². The second-order valence-electron chi connectivity index (χ2n) is 7.07. The quantitative estimate of drug-likeness (QED) is 0.668. The Morgan fingerprint density at radius 3 is 2.74 bits per heavy atom. The monoisotopic (exact) mass is 403 g/mol. The molecule has 1 aliphatic rings. The number of aromatic nitrogens is 3. The normalized spacial score (nSPS) is 15.5. The minimum atomic E-state index is -0.0145. The average molecular weight is 404 g/mol. The Morgan fingerprint density at radius 2 is 2.07 bits per heavy atom. The van der Waals surface area contributed by atoms with E-state index in [1.54, 1.807) is 28.3 Å². The van der Waals surface area contributed by atoms with Gasteiger partial charge in [0.1, 0.15) is 5.69 Å². The van der Waals surface area contributed by atoms with Crippen molar-refractivity contribution in [1.29, 1.82) is 0 Å². The smallest absolute Gasteiger partial charge is 0.274 e. The molecule has 6 nitrogen and oxygen atoms in total. The first-order valence-corrected chi connectivity index (χ1v) is 10.2. The van der Waals surface area contributed by atoms with Crippen LogP contribution in [-0.2, 0) is 7.05 Å². The van der Waals surface area contributed by atoms with Crippen molar-refractivity contribution < 1.29 is 4.79 Å². The maximum absolute atomic E-state index is 12.6. The van der Waals surface area contributed by atoms with Crippen LogP contribution in [0.4, 0.5) is 5.13 Å². The molecule has 1 aromatic carbocycles. The summed E-state index contributed by atoms with van der Waals surface area (Å²) in [4.78, 5) is 21.6. The molecule has 142 valence electrons. The van der Waals surface area contributed by atoms with Crippen LogP contribution in [0.2, 0.25) is 5.02 Å². The van der Waals surface area contributed by atoms with E-state index >= 15 is 0 Å². The van der Waals surface area contributed by atoms with Crippen LogP contribution >= 0.6 is 22.9 Å². The van der Waals surface area contributed by atoms with Gasteiger partial charge in [-0.1, -0.05) is 22.9 Å². The lowest BCUT2D eigenvalue weighted by Gasteiger charge is -2.36. The number of anilines is 1. The minimum Gasteiger partial charge on any atom is -0.348 e. The molecule has 3 aromatic rings. The number of rotatable bonds is 3. The molecule has 8 heteroatoms. The molecule has 0 unspecified atom stereocenters. The zero-order valence-corrected chi connectivity index (χ0v) is 17.2. The molecule has 3 heterocycles. The molecule has 0 atom stereocenters. The van der Waals surface area contributed by atoms with Gasteiger partial charge in [0.25, 0.3) is 5.91 Å². The van der Waals surface area contributed by atoms with Crippen LogP contribution in [0.25, 0.3) is 10.2 Å². The summed E-state index contributed by atoms with van der Waals surface area (Å²) in [5, 5.41) is 6.01. The summed E-state index contributed by atoms with van der Waals surface area (Å²) < 4.78 is 2.78. The predicted molar refractivity (Wildman–Crippen MR) is 110 cm³/mol. The topological polar surface area (TPSA) is 54.3 Å². The van der Waals surface area contributed by atoms with E-state index in [0.717, 1.165) is 51.9 Å². The second-order valence-corrected chi connectivity index (χ2v) is 8.52. The molecular weight excluding hydrogens is 382 g/mol. The van der Waals surface area contributed by atoms with Crippen molar-refractivity contribution >= 4 is 44.2 Å². The zero-order valence-electron chi connectivity index (χ0n) is 15.6. The zero-order chi connectivity index (χ0) is 19.1. The molecule has 1 aliphatic heterocycles. The van der Waals surface area contributed by atoms with Gasteiger partial charge in [-0.15, -0.1) is 0 Å². The van der Waals surface area contributed by atoms with Crippen LogP contribution < -0.4 is 4.90 Å². The molecule has 0 spiro atoms. The maximum Gasteiger partial charge on any atom is 0.274 e. The van der Waals surface area contributed by atoms with Gasteiger partial charge in [0.15, 0.2) is 5.13 Å². The van der Waals surface area contributed by atoms with Gasteiger partial charge in [-0.05, 0) is 43.5 Å². The molecular formula is C19H22ClN5OS. The Hall–Kier alpha value is -2.12. The van der Waals surface area contributed by atoms with Gasteiger partial charge >= 0.3 is 0 Å². The van der Waals surface area contributed by atoms with Gasteiger partial charge in [0, 0.05) is 44.4 Å². The highest BCUT2D eigenvalue weighted by atomic mass is 35.5. The molecule has 1 amide bonds. The number of thiazole rings is 1. The van der Waals surface area contributed by atoms with Crippen LogP contribution in [0, 0.1) is 6.92 Å². The Bertz CT molecular complexity index is 989. The number of aryl methyl sites for hydroxylation is 2. The summed E-state index contributed by atoms with van der Waals surface area (Å²) in [5.74, 6) is -0.0145. The number of nitrogens with zero attached hydrogens (tertiary/aromatic N) is 5. The Balaban J connectivity index is 1.44. The Kier molecular flexibility index (Phi) is 4.82. The molecule has 27 heavy (non-hydrogen) atoms. The average Bonchev–Trinajstić information content (AvgIpc) is 3.27. The highest BCUT2D eigenvalue weighted by Crippen LogP contribution is 2.34. The Labute approximate surface area is 167 Å². The van der Waals surface area contributed by atoms with Crippen molar-refractivity contribution in [2.75, 3.05) is 25.0 Å². The van der Waals surface area contributed by atoms with Crippen molar-refractivity contribution in [3.05, 3.63) is 40.7 Å². The van der Waals surface area contributed by atoms with Gasteiger partial charge in [0.05, 0.1) is 10.2 Å². The summed E-state index contributed by atoms with van der Waals surface area (Å²) in [7, 11) is 3.70. The van der Waals surface area contributed by atoms with Crippen molar-refractivity contribution in [3.8, 4) is 0 Å². The third-order valence-electron chi connectivity index (χ3n) is 5.17. The number of halogens is 1. The number of amides is 1. The van der Waals surface area contributed by atoms with E-state index in [0.29, 0.717) is 5.69 Å². The fourth-order valence-corrected chi connectivity index (χ4v) is 5.07. The summed E-state index contributed by atoms with van der Waals surface area (Å²) in [6.45, 7) is 3.82. The third-order valence-corrected chi connectivity index (χ3v) is 6.46. The first kappa shape index (κ1) is 18.3. The molecule has 0 radical (unpaired) electrons. The van der Waals surface area contributed by atoms with Gasteiger partial charge in [-0.2, -0.15) is 5.10 Å². The first-order chi connectivity index (χ1) is 12.9. The highest BCUT2D eigenvalue weighted by molar-refractivity contribution is 7.22. The van der Waals surface area contributed by atoms with E-state index in [4.69, 9.17) is 16.6 Å². The summed E-state index contributed by atoms with van der Waals surface area (Å²) in [5.41, 5.74) is 2.64. The molecule has 0 N–H and O–H groups in total. The van der Waals surface area contributed by atoms with Crippen LogP contribution in [0.5, 0.6) is 0 Å². The van der Waals surface area contributed by atoms with Crippen LogP contribution in [0.1, 0.15) is 28.9 Å². The molecule has 1 fully saturated rings. The van der Waals surface area contributed by atoms with Crippen molar-refractivity contribution in [3.63, 3.8) is 0 Å². The number of carbonyl (C=O) groups is 1. The Morgan fingerprint density at radius 1 is 1.33 bits per heavy atom. The number of benzene rings is 1. The lowest BCUT2D eigenvalue weighted by molar-refractivity contribution is 0.0702. The van der Waals surface area contributed by atoms with Crippen molar-refractivity contribution in [1.82, 2.24) is 19.7 Å². The number of hydrogen-bond acceptors (Lipinski definition) is 5. The highest BCUT2D eigenvalue weighted by Gasteiger charge is 2.28.